The monoisotopic (exact) mass is 425 g/mol. The molecule has 1 fully saturated rings. The molecule has 0 N–H and O–H groups in total. The fraction of sp³-hybridized carbons (Fsp3) is 0.286. The first kappa shape index (κ1) is 22.0. The van der Waals surface area contributed by atoms with Gasteiger partial charge in [0.15, 0.2) is 0 Å². The number of carbonyl (C=O) groups excluding carboxylic acids is 1. The second-order valence-electron chi connectivity index (χ2n) is 8.88. The van der Waals surface area contributed by atoms with Crippen LogP contribution < -0.4 is 0 Å². The molecule has 1 heterocycles. The standard InChI is InChI=1S/C28H31N3O/c1-20(2)24-14-16-26(17-15-24)28-30(18-23-8-6-5-7-9-23)19-27(32)31(28)29-22(4)25-12-10-21(3)11-13-25/h5-17,20,28H,18-19H2,1-4H3/b29-22-/t28-/m1/s1. The lowest BCUT2D eigenvalue weighted by Crippen LogP contribution is -2.29. The molecule has 3 aromatic rings. The second kappa shape index (κ2) is 9.49. The summed E-state index contributed by atoms with van der Waals surface area (Å²) < 4.78 is 0. The maximum atomic E-state index is 13.1. The van der Waals surface area contributed by atoms with Gasteiger partial charge in [-0.3, -0.25) is 9.69 Å². The number of aryl methyl sites for hydroxylation is 1. The van der Waals surface area contributed by atoms with Crippen LogP contribution in [-0.2, 0) is 11.3 Å². The first-order chi connectivity index (χ1) is 15.4. The Morgan fingerprint density at radius 1 is 0.969 bits per heavy atom. The summed E-state index contributed by atoms with van der Waals surface area (Å²) in [5, 5.41) is 6.49. The van der Waals surface area contributed by atoms with Crippen LogP contribution in [-0.4, -0.2) is 28.1 Å². The van der Waals surface area contributed by atoms with Crippen LogP contribution in [0.3, 0.4) is 0 Å². The van der Waals surface area contributed by atoms with Crippen LogP contribution in [0.5, 0.6) is 0 Å². The molecule has 0 spiro atoms. The fourth-order valence-corrected chi connectivity index (χ4v) is 4.11. The van der Waals surface area contributed by atoms with Crippen molar-refractivity contribution in [3.63, 3.8) is 0 Å². The molecule has 0 unspecified atom stereocenters. The molecule has 164 valence electrons. The highest BCUT2D eigenvalue weighted by Gasteiger charge is 2.39. The molecule has 1 atom stereocenters. The van der Waals surface area contributed by atoms with Gasteiger partial charge in [-0.05, 0) is 42.0 Å². The minimum absolute atomic E-state index is 0.0188. The van der Waals surface area contributed by atoms with Crippen molar-refractivity contribution in [3.05, 3.63) is 107 Å². The Bertz CT molecular complexity index is 1090. The number of rotatable bonds is 6. The molecule has 0 bridgehead atoms. The summed E-state index contributed by atoms with van der Waals surface area (Å²) in [7, 11) is 0. The van der Waals surface area contributed by atoms with Crippen molar-refractivity contribution in [2.24, 2.45) is 5.10 Å². The van der Waals surface area contributed by atoms with Gasteiger partial charge in [0.1, 0.15) is 6.17 Å². The fourth-order valence-electron chi connectivity index (χ4n) is 4.11. The normalized spacial score (nSPS) is 17.4. The van der Waals surface area contributed by atoms with Crippen LogP contribution in [0.1, 0.15) is 60.7 Å². The number of nitrogens with zero attached hydrogens (tertiary/aromatic N) is 3. The summed E-state index contributed by atoms with van der Waals surface area (Å²) in [6.45, 7) is 9.46. The molecule has 1 aliphatic heterocycles. The highest BCUT2D eigenvalue weighted by Crippen LogP contribution is 2.33. The highest BCUT2D eigenvalue weighted by molar-refractivity contribution is 5.99. The van der Waals surface area contributed by atoms with E-state index in [1.54, 1.807) is 5.01 Å². The SMILES string of the molecule is C/C(=N/N1C(=O)CN(Cc2ccccc2)[C@H]1c1ccc(C(C)C)cc1)c1ccc(C)cc1. The van der Waals surface area contributed by atoms with E-state index in [4.69, 9.17) is 5.10 Å². The number of amides is 1. The van der Waals surface area contributed by atoms with Crippen LogP contribution in [0.15, 0.2) is 84.0 Å². The molecule has 0 aliphatic carbocycles. The number of hydrogen-bond donors (Lipinski definition) is 0. The zero-order valence-corrected chi connectivity index (χ0v) is 19.3. The molecule has 3 aromatic carbocycles. The third-order valence-electron chi connectivity index (χ3n) is 6.03. The largest absolute Gasteiger partial charge is 0.271 e. The van der Waals surface area contributed by atoms with Crippen molar-refractivity contribution in [2.75, 3.05) is 6.54 Å². The molecule has 1 saturated heterocycles. The number of benzene rings is 3. The average molecular weight is 426 g/mol. The van der Waals surface area contributed by atoms with E-state index < -0.39 is 0 Å². The zero-order valence-electron chi connectivity index (χ0n) is 19.3. The van der Waals surface area contributed by atoms with Crippen LogP contribution in [0.2, 0.25) is 0 Å². The van der Waals surface area contributed by atoms with E-state index in [-0.39, 0.29) is 12.1 Å². The lowest BCUT2D eigenvalue weighted by atomic mass is 10.0. The molecular weight excluding hydrogens is 394 g/mol. The molecule has 4 nitrogen and oxygen atoms in total. The van der Waals surface area contributed by atoms with Gasteiger partial charge in [0.05, 0.1) is 12.3 Å². The molecule has 4 heteroatoms. The topological polar surface area (TPSA) is 35.9 Å². The van der Waals surface area contributed by atoms with Crippen LogP contribution in [0, 0.1) is 6.92 Å². The van der Waals surface area contributed by atoms with E-state index in [0.29, 0.717) is 19.0 Å². The Kier molecular flexibility index (Phi) is 6.52. The third kappa shape index (κ3) is 4.81. The lowest BCUT2D eigenvalue weighted by molar-refractivity contribution is -0.128. The molecular formula is C28H31N3O. The van der Waals surface area contributed by atoms with Crippen molar-refractivity contribution in [1.82, 2.24) is 9.91 Å². The van der Waals surface area contributed by atoms with Crippen molar-refractivity contribution < 1.29 is 4.79 Å². The van der Waals surface area contributed by atoms with Crippen molar-refractivity contribution in [1.29, 1.82) is 0 Å². The Morgan fingerprint density at radius 3 is 2.25 bits per heavy atom. The Labute approximate surface area is 191 Å². The van der Waals surface area contributed by atoms with E-state index in [9.17, 15) is 4.79 Å². The van der Waals surface area contributed by atoms with E-state index in [0.717, 1.165) is 16.8 Å². The van der Waals surface area contributed by atoms with E-state index in [2.05, 4.69) is 86.3 Å². The molecule has 4 rings (SSSR count). The second-order valence-corrected chi connectivity index (χ2v) is 8.88. The Morgan fingerprint density at radius 2 is 1.62 bits per heavy atom. The maximum absolute atomic E-state index is 13.1. The quantitative estimate of drug-likeness (QED) is 0.462. The van der Waals surface area contributed by atoms with Gasteiger partial charge >= 0.3 is 0 Å². The van der Waals surface area contributed by atoms with Gasteiger partial charge in [0.25, 0.3) is 5.91 Å². The average Bonchev–Trinajstić information content (AvgIpc) is 3.09. The molecule has 0 aromatic heterocycles. The molecule has 1 aliphatic rings. The van der Waals surface area contributed by atoms with Crippen molar-refractivity contribution in [3.8, 4) is 0 Å². The minimum atomic E-state index is -0.232. The van der Waals surface area contributed by atoms with Crippen LogP contribution >= 0.6 is 0 Å². The van der Waals surface area contributed by atoms with Gasteiger partial charge in [0.2, 0.25) is 0 Å². The van der Waals surface area contributed by atoms with E-state index >= 15 is 0 Å². The predicted octanol–water partition coefficient (Wildman–Crippen LogP) is 5.89. The van der Waals surface area contributed by atoms with Crippen LogP contribution in [0.4, 0.5) is 0 Å². The first-order valence-electron chi connectivity index (χ1n) is 11.2. The molecule has 32 heavy (non-hydrogen) atoms. The van der Waals surface area contributed by atoms with Crippen molar-refractivity contribution >= 4 is 11.6 Å². The predicted molar refractivity (Wildman–Crippen MR) is 130 cm³/mol. The summed E-state index contributed by atoms with van der Waals surface area (Å²) in [5.74, 6) is 0.484. The van der Waals surface area contributed by atoms with E-state index in [1.165, 1.54) is 16.7 Å². The first-order valence-corrected chi connectivity index (χ1v) is 11.2. The van der Waals surface area contributed by atoms with Gasteiger partial charge in [-0.25, -0.2) is 5.01 Å². The van der Waals surface area contributed by atoms with Gasteiger partial charge in [-0.2, -0.15) is 5.10 Å². The van der Waals surface area contributed by atoms with Gasteiger partial charge in [-0.1, -0.05) is 98.3 Å². The maximum Gasteiger partial charge on any atom is 0.258 e. The van der Waals surface area contributed by atoms with Crippen molar-refractivity contribution in [2.45, 2.75) is 46.3 Å². The van der Waals surface area contributed by atoms with Gasteiger partial charge < -0.3 is 0 Å². The van der Waals surface area contributed by atoms with Gasteiger partial charge in [-0.15, -0.1) is 0 Å². The Balaban J connectivity index is 1.70. The van der Waals surface area contributed by atoms with Gasteiger partial charge in [0, 0.05) is 6.54 Å². The number of hydrazone groups is 1. The van der Waals surface area contributed by atoms with E-state index in [1.807, 2.05) is 25.1 Å². The number of hydrogen-bond acceptors (Lipinski definition) is 3. The minimum Gasteiger partial charge on any atom is -0.271 e. The summed E-state index contributed by atoms with van der Waals surface area (Å²) in [4.78, 5) is 15.3. The van der Waals surface area contributed by atoms with Crippen LogP contribution in [0.25, 0.3) is 0 Å². The smallest absolute Gasteiger partial charge is 0.258 e. The Hall–Kier alpha value is -3.24. The summed E-state index contributed by atoms with van der Waals surface area (Å²) >= 11 is 0. The number of carbonyl (C=O) groups is 1. The molecule has 0 saturated carbocycles. The summed E-state index contributed by atoms with van der Waals surface area (Å²) in [5.41, 5.74) is 6.62. The molecule has 0 radical (unpaired) electrons. The third-order valence-corrected chi connectivity index (χ3v) is 6.03. The summed E-state index contributed by atoms with van der Waals surface area (Å²) in [6.07, 6.45) is -0.232. The summed E-state index contributed by atoms with van der Waals surface area (Å²) in [6, 6.07) is 27.2. The molecule has 1 amide bonds. The highest BCUT2D eigenvalue weighted by atomic mass is 16.2. The lowest BCUT2D eigenvalue weighted by Gasteiger charge is -2.28. The zero-order chi connectivity index (χ0) is 22.7.